The molecule has 2 nitrogen and oxygen atoms in total. The largest absolute Gasteiger partial charge is 0.265 e. The third-order valence-corrected chi connectivity index (χ3v) is 4.91. The molecule has 0 fully saturated rings. The van der Waals surface area contributed by atoms with Gasteiger partial charge in [-0.25, -0.2) is 4.57 Å². The lowest BCUT2D eigenvalue weighted by Gasteiger charge is -2.18. The first-order valence-electron chi connectivity index (χ1n) is 10.1. The van der Waals surface area contributed by atoms with Crippen LogP contribution in [0.2, 0.25) is 0 Å². The number of fused-ring (bicyclic) bond motifs is 1. The SMILES string of the molecule is [2H]C(C)(C)c1cccc(C([2H])(C)C)c1-n1c(C(C)C)[n+](C)c2ccccc21. The molecular formula is C23H31N2+. The minimum Gasteiger partial charge on any atom is -0.229 e. The van der Waals surface area contributed by atoms with Crippen molar-refractivity contribution in [2.45, 2.75) is 59.2 Å². The van der Waals surface area contributed by atoms with Crippen LogP contribution in [0.3, 0.4) is 0 Å². The Morgan fingerprint density at radius 1 is 0.840 bits per heavy atom. The normalized spacial score (nSPS) is 14.1. The van der Waals surface area contributed by atoms with Crippen LogP contribution in [0, 0.1) is 0 Å². The Hall–Kier alpha value is -2.09. The molecule has 0 bridgehead atoms. The number of aromatic nitrogens is 2. The molecule has 25 heavy (non-hydrogen) atoms. The van der Waals surface area contributed by atoms with Gasteiger partial charge in [-0.15, -0.1) is 0 Å². The molecular weight excluding hydrogens is 304 g/mol. The van der Waals surface area contributed by atoms with E-state index in [1.54, 1.807) is 0 Å². The maximum atomic E-state index is 8.78. The molecule has 0 aliphatic heterocycles. The molecule has 0 aliphatic carbocycles. The second kappa shape index (κ2) is 6.67. The molecule has 1 aromatic heterocycles. The van der Waals surface area contributed by atoms with Crippen LogP contribution < -0.4 is 4.57 Å². The van der Waals surface area contributed by atoms with Crippen LogP contribution in [0.1, 0.15) is 78.9 Å². The van der Waals surface area contributed by atoms with Gasteiger partial charge in [-0.2, -0.15) is 4.57 Å². The number of aryl methyl sites for hydroxylation is 1. The van der Waals surface area contributed by atoms with E-state index in [0.717, 1.165) is 27.8 Å². The quantitative estimate of drug-likeness (QED) is 0.530. The topological polar surface area (TPSA) is 8.81 Å². The zero-order valence-electron chi connectivity index (χ0n) is 18.5. The first-order chi connectivity index (χ1) is 12.4. The molecule has 0 aliphatic rings. The van der Waals surface area contributed by atoms with E-state index in [1.807, 2.05) is 45.9 Å². The fourth-order valence-corrected chi connectivity index (χ4v) is 3.81. The zero-order chi connectivity index (χ0) is 20.1. The summed E-state index contributed by atoms with van der Waals surface area (Å²) < 4.78 is 22.1. The molecule has 0 spiro atoms. The first-order valence-corrected chi connectivity index (χ1v) is 9.08. The van der Waals surface area contributed by atoms with Gasteiger partial charge in [-0.05, 0) is 23.9 Å². The van der Waals surface area contributed by atoms with Crippen LogP contribution in [-0.2, 0) is 7.05 Å². The Bertz CT molecular complexity index is 954. The summed E-state index contributed by atoms with van der Waals surface area (Å²) in [5, 5.41) is 0. The maximum absolute atomic E-state index is 8.78. The standard InChI is InChI=1S/C23H31N2/c1-15(2)18-11-10-12-19(16(3)4)22(18)25-21-14-9-8-13-20(21)24(7)23(25)17(5)6/h8-17H,1-7H3/q+1/i15D,16D. The van der Waals surface area contributed by atoms with E-state index in [-0.39, 0.29) is 0 Å². The van der Waals surface area contributed by atoms with Crippen molar-refractivity contribution in [3.63, 3.8) is 0 Å². The van der Waals surface area contributed by atoms with Crippen molar-refractivity contribution in [2.75, 3.05) is 0 Å². The Morgan fingerprint density at radius 2 is 1.40 bits per heavy atom. The summed E-state index contributed by atoms with van der Waals surface area (Å²) in [7, 11) is 2.11. The van der Waals surface area contributed by atoms with Gasteiger partial charge in [0.25, 0.3) is 5.82 Å². The van der Waals surface area contributed by atoms with Gasteiger partial charge in [0.15, 0.2) is 11.0 Å². The number of hydrogen-bond acceptors (Lipinski definition) is 0. The van der Waals surface area contributed by atoms with Gasteiger partial charge in [-0.1, -0.05) is 71.9 Å². The molecule has 0 saturated carbocycles. The second-order valence-electron chi connectivity index (χ2n) is 7.60. The molecule has 3 rings (SSSR count). The molecule has 0 N–H and O–H groups in total. The Balaban J connectivity index is 2.57. The summed E-state index contributed by atoms with van der Waals surface area (Å²) >= 11 is 0. The number of rotatable bonds is 4. The molecule has 1 heterocycles. The molecule has 3 aromatic rings. The Kier molecular flexibility index (Phi) is 4.05. The van der Waals surface area contributed by atoms with Crippen molar-refractivity contribution >= 4 is 11.0 Å². The third kappa shape index (κ3) is 2.88. The van der Waals surface area contributed by atoms with Crippen molar-refractivity contribution in [1.29, 1.82) is 0 Å². The van der Waals surface area contributed by atoms with Crippen molar-refractivity contribution in [3.8, 4) is 5.69 Å². The molecule has 0 radical (unpaired) electrons. The Morgan fingerprint density at radius 3 is 1.92 bits per heavy atom. The van der Waals surface area contributed by atoms with Gasteiger partial charge in [0, 0.05) is 13.9 Å². The minimum absolute atomic E-state index is 0.297. The van der Waals surface area contributed by atoms with E-state index in [1.165, 1.54) is 5.82 Å². The number of nitrogens with zero attached hydrogens (tertiary/aromatic N) is 2. The van der Waals surface area contributed by atoms with Gasteiger partial charge in [0.1, 0.15) is 5.69 Å². The van der Waals surface area contributed by atoms with Crippen LogP contribution in [0.15, 0.2) is 42.5 Å². The summed E-state index contributed by atoms with van der Waals surface area (Å²) in [4.78, 5) is 0. The second-order valence-corrected chi connectivity index (χ2v) is 7.60. The first kappa shape index (κ1) is 15.2. The molecule has 2 aromatic carbocycles. The molecule has 0 atom stereocenters. The van der Waals surface area contributed by atoms with E-state index in [9.17, 15) is 0 Å². The van der Waals surface area contributed by atoms with Gasteiger partial charge < -0.3 is 0 Å². The van der Waals surface area contributed by atoms with E-state index in [0.29, 0.717) is 5.92 Å². The molecule has 132 valence electrons. The monoisotopic (exact) mass is 337 g/mol. The van der Waals surface area contributed by atoms with Crippen LogP contribution in [-0.4, -0.2) is 4.57 Å². The summed E-state index contributed by atoms with van der Waals surface area (Å²) in [6, 6.07) is 14.5. The minimum atomic E-state index is -0.769. The Labute approximate surface area is 154 Å². The lowest BCUT2D eigenvalue weighted by Crippen LogP contribution is -2.34. The van der Waals surface area contributed by atoms with E-state index >= 15 is 0 Å². The fourth-order valence-electron chi connectivity index (χ4n) is 3.81. The highest BCUT2D eigenvalue weighted by Crippen LogP contribution is 2.35. The van der Waals surface area contributed by atoms with Crippen LogP contribution in [0.25, 0.3) is 16.7 Å². The molecule has 0 amide bonds. The highest BCUT2D eigenvalue weighted by molar-refractivity contribution is 5.76. The average molecular weight is 338 g/mol. The summed E-state index contributed by atoms with van der Waals surface area (Å²) in [5.41, 5.74) is 5.16. The fraction of sp³-hybridized carbons (Fsp3) is 0.435. The van der Waals surface area contributed by atoms with Crippen molar-refractivity contribution in [2.24, 2.45) is 7.05 Å². The summed E-state index contributed by atoms with van der Waals surface area (Å²) in [6.45, 7) is 12.1. The maximum Gasteiger partial charge on any atom is 0.265 e. The highest BCUT2D eigenvalue weighted by Gasteiger charge is 2.30. The summed E-state index contributed by atoms with van der Waals surface area (Å²) in [6.07, 6.45) is 0. The zero-order valence-corrected chi connectivity index (χ0v) is 16.5. The summed E-state index contributed by atoms with van der Waals surface area (Å²) in [5.74, 6) is -0.0618. The van der Waals surface area contributed by atoms with Gasteiger partial charge >= 0.3 is 0 Å². The lowest BCUT2D eigenvalue weighted by molar-refractivity contribution is -0.654. The van der Waals surface area contributed by atoms with Crippen molar-refractivity contribution in [1.82, 2.24) is 4.57 Å². The van der Waals surface area contributed by atoms with Gasteiger partial charge in [-0.3, -0.25) is 0 Å². The molecule has 0 saturated heterocycles. The van der Waals surface area contributed by atoms with Gasteiger partial charge in [0.2, 0.25) is 0 Å². The van der Waals surface area contributed by atoms with Crippen LogP contribution in [0.5, 0.6) is 0 Å². The van der Waals surface area contributed by atoms with Crippen molar-refractivity contribution < 1.29 is 7.31 Å². The predicted octanol–water partition coefficient (Wildman–Crippen LogP) is 5.83. The number of benzene rings is 2. The average Bonchev–Trinajstić information content (AvgIpc) is 2.86. The van der Waals surface area contributed by atoms with E-state index < -0.39 is 11.8 Å². The van der Waals surface area contributed by atoms with E-state index in [2.05, 4.69) is 54.3 Å². The predicted molar refractivity (Wildman–Crippen MR) is 107 cm³/mol. The van der Waals surface area contributed by atoms with Crippen LogP contribution in [0.4, 0.5) is 0 Å². The highest BCUT2D eigenvalue weighted by atomic mass is 15.2. The van der Waals surface area contributed by atoms with E-state index in [4.69, 9.17) is 2.74 Å². The van der Waals surface area contributed by atoms with Crippen LogP contribution >= 0.6 is 0 Å². The molecule has 0 unspecified atom stereocenters. The third-order valence-electron chi connectivity index (χ3n) is 4.91. The lowest BCUT2D eigenvalue weighted by atomic mass is 9.92. The smallest absolute Gasteiger partial charge is 0.229 e. The number of imidazole rings is 1. The number of para-hydroxylation sites is 3. The molecule has 2 heteroatoms. The number of hydrogen-bond donors (Lipinski definition) is 0. The van der Waals surface area contributed by atoms with Gasteiger partial charge in [0.05, 0.1) is 13.0 Å². The van der Waals surface area contributed by atoms with Crippen molar-refractivity contribution in [3.05, 3.63) is 59.4 Å².